The number of hydrogen-bond donors (Lipinski definition) is 2. The molecule has 1 saturated carbocycles. The number of ether oxygens (including phenoxy) is 1. The van der Waals surface area contributed by atoms with E-state index in [2.05, 4.69) is 38.1 Å². The molecule has 1 fully saturated rings. The Kier molecular flexibility index (Phi) is 9.53. The third kappa shape index (κ3) is 7.16. The molecule has 33 heavy (non-hydrogen) atoms. The molecule has 0 heterocycles. The Balaban J connectivity index is 1.65. The Morgan fingerprint density at radius 2 is 1.79 bits per heavy atom. The topological polar surface area (TPSA) is 83.8 Å². The van der Waals surface area contributed by atoms with E-state index in [1.807, 2.05) is 12.1 Å². The van der Waals surface area contributed by atoms with Crippen molar-refractivity contribution in [3.63, 3.8) is 0 Å². The Morgan fingerprint density at radius 3 is 2.48 bits per heavy atom. The molecule has 2 aromatic rings. The van der Waals surface area contributed by atoms with Crippen molar-refractivity contribution in [3.8, 4) is 0 Å². The summed E-state index contributed by atoms with van der Waals surface area (Å²) in [6, 6.07) is 12.5. The number of esters is 1. The van der Waals surface area contributed by atoms with Crippen molar-refractivity contribution in [2.24, 2.45) is 5.92 Å². The van der Waals surface area contributed by atoms with Crippen molar-refractivity contribution in [2.75, 3.05) is 19.8 Å². The highest BCUT2D eigenvalue weighted by molar-refractivity contribution is 8.00. The van der Waals surface area contributed by atoms with Gasteiger partial charge in [0, 0.05) is 24.3 Å². The lowest BCUT2D eigenvalue weighted by Gasteiger charge is -2.20. The van der Waals surface area contributed by atoms with Crippen LogP contribution in [0.25, 0.3) is 0 Å². The summed E-state index contributed by atoms with van der Waals surface area (Å²) in [5.41, 5.74) is 5.78. The molecule has 178 valence electrons. The molecule has 0 saturated heterocycles. The van der Waals surface area contributed by atoms with Crippen LogP contribution in [0, 0.1) is 19.8 Å². The molecule has 0 aromatic heterocycles. The summed E-state index contributed by atoms with van der Waals surface area (Å²) in [6.45, 7) is 4.16. The molecule has 5 nitrogen and oxygen atoms in total. The Bertz CT molecular complexity index is 948. The Labute approximate surface area is 200 Å². The molecule has 1 aliphatic rings. The van der Waals surface area contributed by atoms with E-state index in [-0.39, 0.29) is 43.4 Å². The minimum atomic E-state index is -0.303. The van der Waals surface area contributed by atoms with Crippen LogP contribution in [0.15, 0.2) is 41.3 Å². The number of aliphatic hydroxyl groups excluding tert-OH is 2. The molecular weight excluding hydrogens is 436 g/mol. The lowest BCUT2D eigenvalue weighted by atomic mass is 9.95. The molecule has 0 bridgehead atoms. The van der Waals surface area contributed by atoms with Crippen LogP contribution in [0.4, 0.5) is 0 Å². The summed E-state index contributed by atoms with van der Waals surface area (Å²) in [6.07, 6.45) is 3.90. The van der Waals surface area contributed by atoms with Crippen LogP contribution in [-0.4, -0.2) is 47.0 Å². The van der Waals surface area contributed by atoms with Crippen LogP contribution in [0.3, 0.4) is 0 Å². The maximum absolute atomic E-state index is 12.7. The molecule has 1 aliphatic carbocycles. The second-order valence-electron chi connectivity index (χ2n) is 8.78. The summed E-state index contributed by atoms with van der Waals surface area (Å²) in [5, 5.41) is 18.0. The molecule has 2 atom stereocenters. The van der Waals surface area contributed by atoms with Gasteiger partial charge in [-0.2, -0.15) is 0 Å². The maximum atomic E-state index is 12.7. The quantitative estimate of drug-likeness (QED) is 0.483. The van der Waals surface area contributed by atoms with E-state index in [1.165, 1.54) is 22.3 Å². The zero-order chi connectivity index (χ0) is 23.8. The molecule has 0 aliphatic heterocycles. The highest BCUT2D eigenvalue weighted by Gasteiger charge is 2.35. The molecule has 6 heteroatoms. The lowest BCUT2D eigenvalue weighted by molar-refractivity contribution is -0.144. The van der Waals surface area contributed by atoms with E-state index in [4.69, 9.17) is 9.84 Å². The summed E-state index contributed by atoms with van der Waals surface area (Å²) in [4.78, 5) is 25.6. The van der Waals surface area contributed by atoms with Crippen molar-refractivity contribution in [2.45, 2.75) is 62.5 Å². The smallest absolute Gasteiger partial charge is 0.306 e. The highest BCUT2D eigenvalue weighted by Crippen LogP contribution is 2.39. The number of aliphatic hydroxyl groups is 2. The number of ketones is 1. The second kappa shape index (κ2) is 12.4. The Morgan fingerprint density at radius 1 is 1.06 bits per heavy atom. The predicted molar refractivity (Wildman–Crippen MR) is 131 cm³/mol. The van der Waals surface area contributed by atoms with Crippen molar-refractivity contribution < 1.29 is 24.5 Å². The predicted octanol–water partition coefficient (Wildman–Crippen LogP) is 3.99. The second-order valence-corrected chi connectivity index (χ2v) is 10.00. The number of carbonyl (C=O) groups excluding carboxylic acids is 2. The minimum absolute atomic E-state index is 0.0385. The first-order valence-corrected chi connectivity index (χ1v) is 12.5. The summed E-state index contributed by atoms with van der Waals surface area (Å²) in [5.74, 6) is 0.301. The van der Waals surface area contributed by atoms with Gasteiger partial charge in [-0.1, -0.05) is 24.3 Å². The van der Waals surface area contributed by atoms with Crippen molar-refractivity contribution in [1.29, 1.82) is 0 Å². The van der Waals surface area contributed by atoms with Gasteiger partial charge in [0.25, 0.3) is 0 Å². The van der Waals surface area contributed by atoms with Crippen molar-refractivity contribution in [1.82, 2.24) is 0 Å². The lowest BCUT2D eigenvalue weighted by Crippen LogP contribution is -2.19. The van der Waals surface area contributed by atoms with Gasteiger partial charge in [0.1, 0.15) is 12.4 Å². The molecule has 1 unspecified atom stereocenters. The largest absolute Gasteiger partial charge is 0.463 e. The summed E-state index contributed by atoms with van der Waals surface area (Å²) < 4.78 is 4.93. The molecule has 0 radical (unpaired) electrons. The monoisotopic (exact) mass is 470 g/mol. The average Bonchev–Trinajstić information content (AvgIpc) is 3.12. The van der Waals surface area contributed by atoms with Crippen LogP contribution in [0.5, 0.6) is 0 Å². The number of aryl methyl sites for hydroxylation is 3. The van der Waals surface area contributed by atoms with Gasteiger partial charge in [-0.05, 0) is 85.4 Å². The van der Waals surface area contributed by atoms with E-state index in [9.17, 15) is 14.7 Å². The SMILES string of the molecule is Cc1cc(SC2C(=O)CC[C@@H]2Cc2cccc(CCC(=O)OCCO)c2)cc(C)c1CCO. The van der Waals surface area contributed by atoms with Gasteiger partial charge in [0.15, 0.2) is 0 Å². The van der Waals surface area contributed by atoms with Gasteiger partial charge in [-0.15, -0.1) is 11.8 Å². The van der Waals surface area contributed by atoms with E-state index in [0.29, 0.717) is 25.0 Å². The zero-order valence-corrected chi connectivity index (χ0v) is 20.3. The van der Waals surface area contributed by atoms with Gasteiger partial charge in [-0.25, -0.2) is 0 Å². The molecule has 2 N–H and O–H groups in total. The van der Waals surface area contributed by atoms with E-state index >= 15 is 0 Å². The van der Waals surface area contributed by atoms with Gasteiger partial charge in [0.2, 0.25) is 0 Å². The first-order valence-electron chi connectivity index (χ1n) is 11.7. The fraction of sp³-hybridized carbons (Fsp3) is 0.481. The van der Waals surface area contributed by atoms with Gasteiger partial charge < -0.3 is 14.9 Å². The zero-order valence-electron chi connectivity index (χ0n) is 19.5. The fourth-order valence-corrected chi connectivity index (χ4v) is 6.08. The third-order valence-electron chi connectivity index (χ3n) is 6.26. The summed E-state index contributed by atoms with van der Waals surface area (Å²) in [7, 11) is 0. The molecule has 3 rings (SSSR count). The first-order chi connectivity index (χ1) is 15.9. The number of benzene rings is 2. The minimum Gasteiger partial charge on any atom is -0.463 e. The van der Waals surface area contributed by atoms with Gasteiger partial charge in [-0.3, -0.25) is 9.59 Å². The number of Topliss-reactive ketones (excluding diaryl/α,β-unsaturated/α-hetero) is 1. The van der Waals surface area contributed by atoms with Crippen molar-refractivity contribution >= 4 is 23.5 Å². The van der Waals surface area contributed by atoms with Crippen LogP contribution >= 0.6 is 11.8 Å². The molecule has 0 amide bonds. The standard InChI is InChI=1S/C27H34O5S/c1-18-14-23(15-19(2)24(18)10-11-28)33-27-22(7-8-25(27)30)17-21-5-3-4-20(16-21)6-9-26(31)32-13-12-29/h3-5,14-16,22,27-29H,6-13,17H2,1-2H3/t22-,27?/m1/s1. The van der Waals surface area contributed by atoms with Crippen LogP contribution < -0.4 is 0 Å². The first kappa shape index (κ1) is 25.5. The number of thioether (sulfide) groups is 1. The molecule has 2 aromatic carbocycles. The van der Waals surface area contributed by atoms with Crippen LogP contribution in [0.1, 0.15) is 47.1 Å². The van der Waals surface area contributed by atoms with E-state index in [0.717, 1.165) is 23.3 Å². The fourth-order valence-electron chi connectivity index (χ4n) is 4.62. The highest BCUT2D eigenvalue weighted by atomic mass is 32.2. The van der Waals surface area contributed by atoms with E-state index in [1.54, 1.807) is 11.8 Å². The van der Waals surface area contributed by atoms with Gasteiger partial charge in [0.05, 0.1) is 11.9 Å². The summed E-state index contributed by atoms with van der Waals surface area (Å²) >= 11 is 1.67. The average molecular weight is 471 g/mol. The van der Waals surface area contributed by atoms with Crippen LogP contribution in [0.2, 0.25) is 0 Å². The molecule has 0 spiro atoms. The number of rotatable bonds is 11. The van der Waals surface area contributed by atoms with Crippen LogP contribution in [-0.2, 0) is 33.6 Å². The normalized spacial score (nSPS) is 18.0. The number of carbonyl (C=O) groups is 2. The Hall–Kier alpha value is -2.15. The number of hydrogen-bond acceptors (Lipinski definition) is 6. The van der Waals surface area contributed by atoms with Gasteiger partial charge >= 0.3 is 5.97 Å². The van der Waals surface area contributed by atoms with E-state index < -0.39 is 0 Å². The molecular formula is C27H34O5S. The van der Waals surface area contributed by atoms with Crippen molar-refractivity contribution in [3.05, 3.63) is 64.2 Å². The maximum Gasteiger partial charge on any atom is 0.306 e. The third-order valence-corrected chi connectivity index (χ3v) is 7.67.